The standard InChI is InChI=1S/C9H16NS.HI/c1-4-5-6-10-7-11-9(3)8(10)2;/h7H,4-6H2,1-3H3;1H/q+1;/p-1. The number of rotatable bonds is 3. The van der Waals surface area contributed by atoms with Crippen LogP contribution in [0.3, 0.4) is 0 Å². The lowest BCUT2D eigenvalue weighted by atomic mass is 10.3. The summed E-state index contributed by atoms with van der Waals surface area (Å²) >= 11 is 1.84. The van der Waals surface area contributed by atoms with Crippen molar-refractivity contribution in [1.29, 1.82) is 0 Å². The lowest BCUT2D eigenvalue weighted by Gasteiger charge is -1.92. The van der Waals surface area contributed by atoms with E-state index < -0.39 is 0 Å². The second-order valence-electron chi connectivity index (χ2n) is 2.91. The van der Waals surface area contributed by atoms with Gasteiger partial charge in [-0.2, -0.15) is 4.57 Å². The summed E-state index contributed by atoms with van der Waals surface area (Å²) in [5.74, 6) is 0. The van der Waals surface area contributed by atoms with Crippen LogP contribution in [-0.4, -0.2) is 0 Å². The molecule has 0 radical (unpaired) electrons. The highest BCUT2D eigenvalue weighted by molar-refractivity contribution is 7.09. The molecule has 0 aliphatic rings. The first-order chi connectivity index (χ1) is 5.25. The van der Waals surface area contributed by atoms with Gasteiger partial charge in [-0.3, -0.25) is 0 Å². The average molecular weight is 297 g/mol. The molecule has 0 unspecified atom stereocenters. The van der Waals surface area contributed by atoms with Gasteiger partial charge in [0.2, 0.25) is 5.51 Å². The topological polar surface area (TPSA) is 3.88 Å². The summed E-state index contributed by atoms with van der Waals surface area (Å²) in [5, 5.41) is 0. The first-order valence-corrected chi connectivity index (χ1v) is 5.07. The minimum atomic E-state index is 0. The molecule has 0 N–H and O–H groups in total. The van der Waals surface area contributed by atoms with Gasteiger partial charge in [-0.1, -0.05) is 24.7 Å². The van der Waals surface area contributed by atoms with E-state index in [0.29, 0.717) is 0 Å². The molecule has 0 spiro atoms. The lowest BCUT2D eigenvalue weighted by Crippen LogP contribution is -3.00. The van der Waals surface area contributed by atoms with Gasteiger partial charge in [-0.15, -0.1) is 0 Å². The molecule has 0 aliphatic heterocycles. The molecule has 0 bridgehead atoms. The van der Waals surface area contributed by atoms with Crippen molar-refractivity contribution in [2.24, 2.45) is 0 Å². The van der Waals surface area contributed by atoms with Crippen molar-refractivity contribution >= 4 is 11.3 Å². The third kappa shape index (κ3) is 3.01. The monoisotopic (exact) mass is 297 g/mol. The van der Waals surface area contributed by atoms with Gasteiger partial charge in [0, 0.05) is 13.3 Å². The van der Waals surface area contributed by atoms with Crippen molar-refractivity contribution in [2.75, 3.05) is 0 Å². The SMILES string of the molecule is CCCC[n+]1csc(C)c1C.[I-]. The third-order valence-electron chi connectivity index (χ3n) is 2.05. The van der Waals surface area contributed by atoms with E-state index in [4.69, 9.17) is 0 Å². The molecule has 0 aliphatic carbocycles. The minimum absolute atomic E-state index is 0. The number of aryl methyl sites for hydroxylation is 2. The Kier molecular flexibility index (Phi) is 6.09. The Labute approximate surface area is 95.8 Å². The smallest absolute Gasteiger partial charge is 0.225 e. The molecule has 1 aromatic heterocycles. The van der Waals surface area contributed by atoms with E-state index in [9.17, 15) is 0 Å². The van der Waals surface area contributed by atoms with Gasteiger partial charge in [0.1, 0.15) is 6.54 Å². The van der Waals surface area contributed by atoms with Crippen LogP contribution in [0.15, 0.2) is 5.51 Å². The van der Waals surface area contributed by atoms with Crippen molar-refractivity contribution in [3.63, 3.8) is 0 Å². The van der Waals surface area contributed by atoms with E-state index in [1.807, 2.05) is 11.3 Å². The minimum Gasteiger partial charge on any atom is -1.00 e. The maximum absolute atomic E-state index is 2.35. The fraction of sp³-hybridized carbons (Fsp3) is 0.667. The Morgan fingerprint density at radius 3 is 2.50 bits per heavy atom. The number of nitrogens with zero attached hydrogens (tertiary/aromatic N) is 1. The second kappa shape index (κ2) is 5.91. The lowest BCUT2D eigenvalue weighted by molar-refractivity contribution is -0.698. The Morgan fingerprint density at radius 1 is 1.42 bits per heavy atom. The van der Waals surface area contributed by atoms with Crippen LogP contribution in [0.25, 0.3) is 0 Å². The molecule has 1 heterocycles. The van der Waals surface area contributed by atoms with Gasteiger partial charge in [0.25, 0.3) is 0 Å². The predicted octanol–water partition coefficient (Wildman–Crippen LogP) is -0.543. The zero-order chi connectivity index (χ0) is 8.27. The van der Waals surface area contributed by atoms with E-state index in [1.165, 1.54) is 30.0 Å². The normalized spacial score (nSPS) is 9.58. The van der Waals surface area contributed by atoms with Crippen molar-refractivity contribution in [2.45, 2.75) is 40.2 Å². The average Bonchev–Trinajstić information content (AvgIpc) is 2.31. The van der Waals surface area contributed by atoms with Crippen LogP contribution in [-0.2, 0) is 6.54 Å². The molecular weight excluding hydrogens is 281 g/mol. The van der Waals surface area contributed by atoms with Crippen LogP contribution in [0.4, 0.5) is 0 Å². The van der Waals surface area contributed by atoms with Crippen LogP contribution in [0, 0.1) is 13.8 Å². The largest absolute Gasteiger partial charge is 1.00 e. The van der Waals surface area contributed by atoms with Crippen molar-refractivity contribution in [1.82, 2.24) is 0 Å². The second-order valence-corrected chi connectivity index (χ2v) is 3.97. The molecule has 1 aromatic rings. The molecule has 0 fully saturated rings. The van der Waals surface area contributed by atoms with E-state index in [1.54, 1.807) is 0 Å². The highest BCUT2D eigenvalue weighted by Gasteiger charge is 2.09. The summed E-state index contributed by atoms with van der Waals surface area (Å²) in [5.41, 5.74) is 3.66. The van der Waals surface area contributed by atoms with Gasteiger partial charge >= 0.3 is 0 Å². The van der Waals surface area contributed by atoms with E-state index in [0.717, 1.165) is 0 Å². The van der Waals surface area contributed by atoms with Gasteiger partial charge < -0.3 is 24.0 Å². The highest BCUT2D eigenvalue weighted by atomic mass is 127. The number of hydrogen-bond donors (Lipinski definition) is 0. The molecule has 3 heteroatoms. The molecular formula is C9H16INS. The number of hydrogen-bond acceptors (Lipinski definition) is 1. The Balaban J connectivity index is 0.00000121. The van der Waals surface area contributed by atoms with E-state index in [-0.39, 0.29) is 24.0 Å². The predicted molar refractivity (Wildman–Crippen MR) is 48.9 cm³/mol. The highest BCUT2D eigenvalue weighted by Crippen LogP contribution is 2.07. The fourth-order valence-electron chi connectivity index (χ4n) is 1.06. The number of halogens is 1. The van der Waals surface area contributed by atoms with Gasteiger partial charge in [-0.25, -0.2) is 0 Å². The van der Waals surface area contributed by atoms with Crippen LogP contribution < -0.4 is 28.5 Å². The number of thiazole rings is 1. The van der Waals surface area contributed by atoms with Crippen molar-refractivity contribution in [3.8, 4) is 0 Å². The zero-order valence-corrected chi connectivity index (χ0v) is 10.9. The maximum atomic E-state index is 2.35. The summed E-state index contributed by atoms with van der Waals surface area (Å²) in [6, 6.07) is 0. The molecule has 0 aromatic carbocycles. The Hall–Kier alpha value is 0.360. The quantitative estimate of drug-likeness (QED) is 0.521. The summed E-state index contributed by atoms with van der Waals surface area (Å²) in [6.07, 6.45) is 2.57. The van der Waals surface area contributed by atoms with E-state index >= 15 is 0 Å². The van der Waals surface area contributed by atoms with Crippen LogP contribution in [0.1, 0.15) is 30.3 Å². The molecule has 0 saturated carbocycles. The first kappa shape index (κ1) is 12.4. The van der Waals surface area contributed by atoms with Gasteiger partial charge in [-0.05, 0) is 6.92 Å². The first-order valence-electron chi connectivity index (χ1n) is 4.19. The van der Waals surface area contributed by atoms with E-state index in [2.05, 4.69) is 30.8 Å². The Bertz CT molecular complexity index is 232. The maximum Gasteiger partial charge on any atom is 0.225 e. The summed E-state index contributed by atoms with van der Waals surface area (Å²) in [4.78, 5) is 1.45. The summed E-state index contributed by atoms with van der Waals surface area (Å²) < 4.78 is 2.35. The zero-order valence-electron chi connectivity index (χ0n) is 7.93. The summed E-state index contributed by atoms with van der Waals surface area (Å²) in [7, 11) is 0. The molecule has 0 atom stereocenters. The summed E-state index contributed by atoms with van der Waals surface area (Å²) in [6.45, 7) is 7.80. The molecule has 1 rings (SSSR count). The Morgan fingerprint density at radius 2 is 2.08 bits per heavy atom. The molecule has 70 valence electrons. The van der Waals surface area contributed by atoms with Crippen molar-refractivity contribution < 1.29 is 28.5 Å². The number of aromatic nitrogens is 1. The molecule has 1 nitrogen and oxygen atoms in total. The molecule has 0 amide bonds. The van der Waals surface area contributed by atoms with Crippen molar-refractivity contribution in [3.05, 3.63) is 16.1 Å². The van der Waals surface area contributed by atoms with Crippen LogP contribution >= 0.6 is 11.3 Å². The number of unbranched alkanes of at least 4 members (excludes halogenated alkanes) is 1. The fourth-order valence-corrected chi connectivity index (χ4v) is 1.89. The van der Waals surface area contributed by atoms with Crippen LogP contribution in [0.2, 0.25) is 0 Å². The molecule has 0 saturated heterocycles. The van der Waals surface area contributed by atoms with Gasteiger partial charge in [0.15, 0.2) is 5.69 Å². The van der Waals surface area contributed by atoms with Gasteiger partial charge in [0.05, 0.1) is 4.88 Å². The van der Waals surface area contributed by atoms with Crippen LogP contribution in [0.5, 0.6) is 0 Å². The molecule has 12 heavy (non-hydrogen) atoms. The third-order valence-corrected chi connectivity index (χ3v) is 3.06.